The first-order valence-electron chi connectivity index (χ1n) is 6.87. The van der Waals surface area contributed by atoms with Gasteiger partial charge in [0, 0.05) is 26.1 Å². The molecule has 1 aliphatic heterocycles. The molecule has 104 valence electrons. The molecule has 0 radical (unpaired) electrons. The number of nitrogens with one attached hydrogen (secondary N) is 1. The van der Waals surface area contributed by atoms with E-state index in [1.165, 1.54) is 6.92 Å². The second-order valence-corrected chi connectivity index (χ2v) is 4.95. The molecule has 5 nitrogen and oxygen atoms in total. The van der Waals surface area contributed by atoms with Gasteiger partial charge in [0.25, 0.3) is 0 Å². The number of amides is 2. The molecule has 0 aromatic rings. The predicted octanol–water partition coefficient (Wildman–Crippen LogP) is 0.631. The molecule has 1 rings (SSSR count). The largest absolute Gasteiger partial charge is 0.350 e. The van der Waals surface area contributed by atoms with Gasteiger partial charge in [-0.05, 0) is 19.3 Å². The molecular weight excluding hydrogens is 230 g/mol. The average molecular weight is 255 g/mol. The van der Waals surface area contributed by atoms with E-state index in [-0.39, 0.29) is 23.9 Å². The van der Waals surface area contributed by atoms with Gasteiger partial charge in [-0.25, -0.2) is 0 Å². The Labute approximate surface area is 109 Å². The highest BCUT2D eigenvalue weighted by molar-refractivity contribution is 5.87. The van der Waals surface area contributed by atoms with E-state index >= 15 is 0 Å². The third kappa shape index (κ3) is 3.98. The molecular formula is C13H25N3O2. The maximum atomic E-state index is 12.1. The minimum Gasteiger partial charge on any atom is -0.350 e. The first-order chi connectivity index (χ1) is 8.60. The molecule has 0 saturated carbocycles. The van der Waals surface area contributed by atoms with Gasteiger partial charge in [-0.3, -0.25) is 9.59 Å². The molecule has 1 saturated heterocycles. The molecule has 2 amide bonds. The Morgan fingerprint density at radius 2 is 2.22 bits per heavy atom. The number of likely N-dealkylation sites (tertiary alicyclic amines) is 1. The number of nitrogens with zero attached hydrogens (tertiary/aromatic N) is 1. The van der Waals surface area contributed by atoms with Crippen LogP contribution in [0.4, 0.5) is 0 Å². The molecule has 2 unspecified atom stereocenters. The number of carbonyl (C=O) groups excluding carboxylic acids is 2. The van der Waals surface area contributed by atoms with Gasteiger partial charge >= 0.3 is 0 Å². The topological polar surface area (TPSA) is 75.4 Å². The molecule has 1 fully saturated rings. The molecule has 5 heteroatoms. The number of carbonyl (C=O) groups is 2. The normalized spacial score (nSPS) is 20.8. The van der Waals surface area contributed by atoms with Crippen LogP contribution in [0.2, 0.25) is 0 Å². The zero-order valence-electron chi connectivity index (χ0n) is 11.4. The molecule has 2 atom stereocenters. The monoisotopic (exact) mass is 255 g/mol. The molecule has 0 aromatic heterocycles. The van der Waals surface area contributed by atoms with Crippen molar-refractivity contribution in [3.8, 4) is 0 Å². The van der Waals surface area contributed by atoms with Gasteiger partial charge in [0.1, 0.15) is 6.04 Å². The molecule has 0 aromatic carbocycles. The van der Waals surface area contributed by atoms with Crippen molar-refractivity contribution >= 4 is 11.8 Å². The van der Waals surface area contributed by atoms with E-state index in [1.807, 2.05) is 0 Å². The van der Waals surface area contributed by atoms with Gasteiger partial charge in [-0.1, -0.05) is 19.8 Å². The van der Waals surface area contributed by atoms with Gasteiger partial charge in [0.2, 0.25) is 11.8 Å². The van der Waals surface area contributed by atoms with Crippen molar-refractivity contribution in [1.82, 2.24) is 10.2 Å². The highest BCUT2D eigenvalue weighted by atomic mass is 16.2. The van der Waals surface area contributed by atoms with Crippen LogP contribution in [0.3, 0.4) is 0 Å². The third-order valence-corrected chi connectivity index (χ3v) is 3.50. The van der Waals surface area contributed by atoms with Gasteiger partial charge in [0.15, 0.2) is 0 Å². The van der Waals surface area contributed by atoms with E-state index in [4.69, 9.17) is 5.73 Å². The van der Waals surface area contributed by atoms with E-state index in [9.17, 15) is 9.59 Å². The Bertz CT molecular complexity index is 294. The van der Waals surface area contributed by atoms with E-state index < -0.39 is 0 Å². The number of nitrogens with two attached hydrogens (primary N) is 1. The Morgan fingerprint density at radius 3 is 2.78 bits per heavy atom. The number of unbranched alkanes of at least 4 members (excludes halogenated alkanes) is 1. The number of hydrogen-bond donors (Lipinski definition) is 2. The summed E-state index contributed by atoms with van der Waals surface area (Å²) in [6.07, 6.45) is 4.72. The number of hydrogen-bond acceptors (Lipinski definition) is 3. The van der Waals surface area contributed by atoms with Crippen molar-refractivity contribution < 1.29 is 9.59 Å². The molecule has 1 aliphatic rings. The van der Waals surface area contributed by atoms with Gasteiger partial charge in [-0.15, -0.1) is 0 Å². The fourth-order valence-electron chi connectivity index (χ4n) is 2.41. The summed E-state index contributed by atoms with van der Waals surface area (Å²) in [5.41, 5.74) is 5.66. The van der Waals surface area contributed by atoms with E-state index in [2.05, 4.69) is 12.2 Å². The van der Waals surface area contributed by atoms with E-state index in [0.29, 0.717) is 13.1 Å². The fraction of sp³-hybridized carbons (Fsp3) is 0.846. The molecule has 18 heavy (non-hydrogen) atoms. The second-order valence-electron chi connectivity index (χ2n) is 4.95. The summed E-state index contributed by atoms with van der Waals surface area (Å²) in [6.45, 7) is 4.78. The van der Waals surface area contributed by atoms with Crippen LogP contribution in [0, 0.1) is 0 Å². The second kappa shape index (κ2) is 7.36. The molecule has 1 heterocycles. The van der Waals surface area contributed by atoms with Crippen LogP contribution in [0.15, 0.2) is 0 Å². The zero-order chi connectivity index (χ0) is 13.5. The summed E-state index contributed by atoms with van der Waals surface area (Å²) in [4.78, 5) is 25.2. The van der Waals surface area contributed by atoms with Crippen LogP contribution in [0.1, 0.15) is 46.0 Å². The predicted molar refractivity (Wildman–Crippen MR) is 70.9 cm³/mol. The van der Waals surface area contributed by atoms with Gasteiger partial charge < -0.3 is 16.0 Å². The smallest absolute Gasteiger partial charge is 0.243 e. The summed E-state index contributed by atoms with van der Waals surface area (Å²) in [6, 6.07) is -0.259. The lowest BCUT2D eigenvalue weighted by molar-refractivity contribution is -0.137. The van der Waals surface area contributed by atoms with Crippen LogP contribution < -0.4 is 11.1 Å². The fourth-order valence-corrected chi connectivity index (χ4v) is 2.41. The maximum absolute atomic E-state index is 12.1. The van der Waals surface area contributed by atoms with Crippen molar-refractivity contribution in [2.24, 2.45) is 5.73 Å². The van der Waals surface area contributed by atoms with Gasteiger partial charge in [-0.2, -0.15) is 0 Å². The zero-order valence-corrected chi connectivity index (χ0v) is 11.4. The summed E-state index contributed by atoms with van der Waals surface area (Å²) < 4.78 is 0. The molecule has 0 aliphatic carbocycles. The van der Waals surface area contributed by atoms with Crippen molar-refractivity contribution in [1.29, 1.82) is 0 Å². The highest BCUT2D eigenvalue weighted by Gasteiger charge is 2.32. The van der Waals surface area contributed by atoms with Crippen molar-refractivity contribution in [3.05, 3.63) is 0 Å². The van der Waals surface area contributed by atoms with E-state index in [0.717, 1.165) is 32.1 Å². The van der Waals surface area contributed by atoms with E-state index in [1.54, 1.807) is 4.90 Å². The standard InChI is InChI=1S/C13H25N3O2/c1-3-4-6-11(9-14)15-13(18)12-7-5-8-16(12)10(2)17/h11-12H,3-9,14H2,1-2H3,(H,15,18). The third-order valence-electron chi connectivity index (χ3n) is 3.50. The van der Waals surface area contributed by atoms with Crippen LogP contribution in [0.25, 0.3) is 0 Å². The molecule has 0 bridgehead atoms. The molecule has 3 N–H and O–H groups in total. The van der Waals surface area contributed by atoms with Crippen molar-refractivity contribution in [2.75, 3.05) is 13.1 Å². The maximum Gasteiger partial charge on any atom is 0.243 e. The Balaban J connectivity index is 2.50. The summed E-state index contributed by atoms with van der Waals surface area (Å²) in [7, 11) is 0. The summed E-state index contributed by atoms with van der Waals surface area (Å²) in [5.74, 6) is -0.0697. The first kappa shape index (κ1) is 15.0. The first-order valence-corrected chi connectivity index (χ1v) is 6.87. The molecule has 0 spiro atoms. The Hall–Kier alpha value is -1.10. The van der Waals surface area contributed by atoms with Crippen molar-refractivity contribution in [3.63, 3.8) is 0 Å². The summed E-state index contributed by atoms with van der Waals surface area (Å²) in [5, 5.41) is 2.97. The van der Waals surface area contributed by atoms with Crippen molar-refractivity contribution in [2.45, 2.75) is 58.0 Å². The van der Waals surface area contributed by atoms with Gasteiger partial charge in [0.05, 0.1) is 0 Å². The minimum absolute atomic E-state index is 0.0227. The Kier molecular flexibility index (Phi) is 6.12. The quantitative estimate of drug-likeness (QED) is 0.731. The average Bonchev–Trinajstić information content (AvgIpc) is 2.83. The highest BCUT2D eigenvalue weighted by Crippen LogP contribution is 2.17. The van der Waals surface area contributed by atoms with Crippen LogP contribution in [-0.4, -0.2) is 41.9 Å². The Morgan fingerprint density at radius 1 is 1.50 bits per heavy atom. The van der Waals surface area contributed by atoms with Crippen LogP contribution >= 0.6 is 0 Å². The lowest BCUT2D eigenvalue weighted by atomic mass is 10.1. The lowest BCUT2D eigenvalue weighted by Gasteiger charge is -2.25. The SMILES string of the molecule is CCCCC(CN)NC(=O)C1CCCN1C(C)=O. The van der Waals surface area contributed by atoms with Crippen LogP contribution in [0.5, 0.6) is 0 Å². The minimum atomic E-state index is -0.293. The number of rotatable bonds is 6. The lowest BCUT2D eigenvalue weighted by Crippen LogP contribution is -2.50. The van der Waals surface area contributed by atoms with Crippen LogP contribution in [-0.2, 0) is 9.59 Å². The summed E-state index contributed by atoms with van der Waals surface area (Å²) >= 11 is 0.